The van der Waals surface area contributed by atoms with Crippen LogP contribution in [0.4, 0.5) is 4.39 Å². The van der Waals surface area contributed by atoms with Crippen LogP contribution in [0.5, 0.6) is 0 Å². The lowest BCUT2D eigenvalue weighted by molar-refractivity contribution is -0.139. The number of nitrogens with one attached hydrogen (secondary N) is 1. The van der Waals surface area contributed by atoms with E-state index >= 15 is 0 Å². The normalized spacial score (nSPS) is 11.4. The molecule has 94 valence electrons. The smallest absolute Gasteiger partial charge is 0.327 e. The van der Waals surface area contributed by atoms with Crippen molar-refractivity contribution in [2.24, 2.45) is 0 Å². The largest absolute Gasteiger partial charge is 0.480 e. The third-order valence-electron chi connectivity index (χ3n) is 2.12. The second-order valence-electron chi connectivity index (χ2n) is 3.37. The Morgan fingerprint density at radius 2 is 2.22 bits per heavy atom. The van der Waals surface area contributed by atoms with Gasteiger partial charge in [0.2, 0.25) is 0 Å². The first kappa shape index (κ1) is 14.0. The van der Waals surface area contributed by atoms with E-state index in [1.54, 1.807) is 0 Å². The van der Waals surface area contributed by atoms with Crippen LogP contribution in [0.2, 0.25) is 5.02 Å². The number of carbonyl (C=O) groups excluding carboxylic acids is 1. The summed E-state index contributed by atoms with van der Waals surface area (Å²) in [5.74, 6) is -0.950. The Labute approximate surface area is 108 Å². The predicted molar refractivity (Wildman–Crippen MR) is 63.8 cm³/mol. The molecule has 0 saturated carbocycles. The summed E-state index contributed by atoms with van der Waals surface area (Å²) in [6, 6.07) is 2.60. The van der Waals surface area contributed by atoms with E-state index in [1.165, 1.54) is 18.2 Å². The van der Waals surface area contributed by atoms with Crippen molar-refractivity contribution in [3.8, 4) is 12.3 Å². The monoisotopic (exact) mass is 269 g/mol. The summed E-state index contributed by atoms with van der Waals surface area (Å²) in [6.07, 6.45) is 4.78. The molecule has 4 nitrogen and oxygen atoms in total. The second-order valence-corrected chi connectivity index (χ2v) is 3.78. The fourth-order valence-corrected chi connectivity index (χ4v) is 1.41. The van der Waals surface area contributed by atoms with Gasteiger partial charge in [-0.2, -0.15) is 0 Å². The van der Waals surface area contributed by atoms with E-state index < -0.39 is 23.7 Å². The van der Waals surface area contributed by atoms with Crippen LogP contribution in [-0.2, 0) is 4.79 Å². The van der Waals surface area contributed by atoms with Gasteiger partial charge in [-0.3, -0.25) is 4.79 Å². The number of carboxylic acids is 1. The molecule has 0 spiro atoms. The lowest BCUT2D eigenvalue weighted by atomic mass is 10.1. The van der Waals surface area contributed by atoms with Crippen LogP contribution in [0, 0.1) is 18.2 Å². The summed E-state index contributed by atoms with van der Waals surface area (Å²) < 4.78 is 13.5. The standard InChI is InChI=1S/C12H9ClFNO3/c1-2-4-9(12(17)18)15-11(16)7-5-3-6-8(13)10(7)14/h1,3,5-6,9H,4H2,(H,15,16)(H,17,18). The molecule has 1 atom stereocenters. The molecule has 0 radical (unpaired) electrons. The number of aliphatic carboxylic acids is 1. The highest BCUT2D eigenvalue weighted by molar-refractivity contribution is 6.31. The second kappa shape index (κ2) is 6.03. The maximum absolute atomic E-state index is 13.5. The Morgan fingerprint density at radius 3 is 2.78 bits per heavy atom. The van der Waals surface area contributed by atoms with Gasteiger partial charge in [0.1, 0.15) is 6.04 Å². The van der Waals surface area contributed by atoms with Crippen LogP contribution in [-0.4, -0.2) is 23.0 Å². The van der Waals surface area contributed by atoms with E-state index in [0.717, 1.165) is 0 Å². The fourth-order valence-electron chi connectivity index (χ4n) is 1.23. The predicted octanol–water partition coefficient (Wildman–Crippen LogP) is 1.69. The van der Waals surface area contributed by atoms with Crippen molar-refractivity contribution in [1.29, 1.82) is 0 Å². The van der Waals surface area contributed by atoms with Gasteiger partial charge >= 0.3 is 5.97 Å². The summed E-state index contributed by atoms with van der Waals surface area (Å²) in [5, 5.41) is 10.7. The van der Waals surface area contributed by atoms with E-state index in [4.69, 9.17) is 23.1 Å². The summed E-state index contributed by atoms with van der Waals surface area (Å²) in [4.78, 5) is 22.4. The van der Waals surface area contributed by atoms with Crippen LogP contribution in [0.1, 0.15) is 16.8 Å². The van der Waals surface area contributed by atoms with Crippen LogP contribution in [0.25, 0.3) is 0 Å². The number of benzene rings is 1. The quantitative estimate of drug-likeness (QED) is 0.818. The van der Waals surface area contributed by atoms with Crippen molar-refractivity contribution in [2.45, 2.75) is 12.5 Å². The molecule has 6 heteroatoms. The average Bonchev–Trinajstić information content (AvgIpc) is 2.31. The average molecular weight is 270 g/mol. The van der Waals surface area contributed by atoms with Crippen molar-refractivity contribution in [2.75, 3.05) is 0 Å². The first-order valence-electron chi connectivity index (χ1n) is 4.88. The number of terminal acetylenes is 1. The van der Waals surface area contributed by atoms with Gasteiger partial charge in [0.15, 0.2) is 5.82 Å². The minimum Gasteiger partial charge on any atom is -0.480 e. The number of carboxylic acid groups (broad SMARTS) is 1. The first-order chi connectivity index (χ1) is 8.47. The molecule has 0 heterocycles. The van der Waals surface area contributed by atoms with Gasteiger partial charge in [0.05, 0.1) is 10.6 Å². The molecule has 18 heavy (non-hydrogen) atoms. The topological polar surface area (TPSA) is 66.4 Å². The zero-order valence-electron chi connectivity index (χ0n) is 9.11. The third kappa shape index (κ3) is 3.22. The van der Waals surface area contributed by atoms with Gasteiger partial charge in [-0.05, 0) is 12.1 Å². The summed E-state index contributed by atoms with van der Waals surface area (Å²) in [7, 11) is 0. The van der Waals surface area contributed by atoms with E-state index in [-0.39, 0.29) is 17.0 Å². The lowest BCUT2D eigenvalue weighted by Gasteiger charge is -2.12. The Morgan fingerprint density at radius 1 is 1.56 bits per heavy atom. The SMILES string of the molecule is C#CCC(NC(=O)c1cccc(Cl)c1F)C(=O)O. The van der Waals surface area contributed by atoms with Crippen molar-refractivity contribution < 1.29 is 19.1 Å². The number of hydrogen-bond acceptors (Lipinski definition) is 2. The van der Waals surface area contributed by atoms with Crippen molar-refractivity contribution in [3.63, 3.8) is 0 Å². The third-order valence-corrected chi connectivity index (χ3v) is 2.41. The highest BCUT2D eigenvalue weighted by Crippen LogP contribution is 2.17. The summed E-state index contributed by atoms with van der Waals surface area (Å²) >= 11 is 5.51. The van der Waals surface area contributed by atoms with Gasteiger partial charge in [-0.15, -0.1) is 12.3 Å². The molecule has 1 aromatic rings. The maximum Gasteiger partial charge on any atom is 0.327 e. The van der Waals surface area contributed by atoms with E-state index in [1.807, 2.05) is 0 Å². The molecule has 1 rings (SSSR count). The fraction of sp³-hybridized carbons (Fsp3) is 0.167. The number of hydrogen-bond donors (Lipinski definition) is 2. The van der Waals surface area contributed by atoms with Crippen LogP contribution >= 0.6 is 11.6 Å². The summed E-state index contributed by atoms with van der Waals surface area (Å²) in [5.41, 5.74) is -0.328. The van der Waals surface area contributed by atoms with Gasteiger partial charge in [-0.25, -0.2) is 9.18 Å². The van der Waals surface area contributed by atoms with E-state index in [2.05, 4.69) is 11.2 Å². The summed E-state index contributed by atoms with van der Waals surface area (Å²) in [6.45, 7) is 0. The molecule has 0 saturated heterocycles. The molecular weight excluding hydrogens is 261 g/mol. The number of halogens is 2. The molecule has 0 fully saturated rings. The molecule has 1 aromatic carbocycles. The van der Waals surface area contributed by atoms with Crippen molar-refractivity contribution in [3.05, 3.63) is 34.6 Å². The van der Waals surface area contributed by atoms with Crippen molar-refractivity contribution in [1.82, 2.24) is 5.32 Å². The Hall–Kier alpha value is -2.06. The molecular formula is C12H9ClFNO3. The van der Waals surface area contributed by atoms with E-state index in [9.17, 15) is 14.0 Å². The van der Waals surface area contributed by atoms with Gasteiger partial charge in [0.25, 0.3) is 5.91 Å². The van der Waals surface area contributed by atoms with Crippen LogP contribution in [0.15, 0.2) is 18.2 Å². The van der Waals surface area contributed by atoms with Gasteiger partial charge in [-0.1, -0.05) is 17.7 Å². The number of amides is 1. The molecule has 0 bridgehead atoms. The Kier molecular flexibility index (Phi) is 4.69. The van der Waals surface area contributed by atoms with Gasteiger partial charge < -0.3 is 10.4 Å². The first-order valence-corrected chi connectivity index (χ1v) is 5.26. The zero-order chi connectivity index (χ0) is 13.7. The lowest BCUT2D eigenvalue weighted by Crippen LogP contribution is -2.40. The molecule has 0 aliphatic rings. The highest BCUT2D eigenvalue weighted by Gasteiger charge is 2.22. The van der Waals surface area contributed by atoms with Crippen molar-refractivity contribution >= 4 is 23.5 Å². The Bertz CT molecular complexity index is 525. The molecule has 0 aliphatic heterocycles. The molecule has 1 amide bonds. The minimum absolute atomic E-state index is 0.191. The molecule has 1 unspecified atom stereocenters. The number of carbonyl (C=O) groups is 2. The molecule has 0 aliphatic carbocycles. The molecule has 0 aromatic heterocycles. The number of rotatable bonds is 4. The van der Waals surface area contributed by atoms with Crippen LogP contribution in [0.3, 0.4) is 0 Å². The van der Waals surface area contributed by atoms with Crippen LogP contribution < -0.4 is 5.32 Å². The highest BCUT2D eigenvalue weighted by atomic mass is 35.5. The minimum atomic E-state index is -1.29. The molecule has 2 N–H and O–H groups in total. The Balaban J connectivity index is 2.91. The van der Waals surface area contributed by atoms with E-state index in [0.29, 0.717) is 0 Å². The van der Waals surface area contributed by atoms with Gasteiger partial charge in [0, 0.05) is 6.42 Å². The maximum atomic E-state index is 13.5. The zero-order valence-corrected chi connectivity index (χ0v) is 9.87.